The standard InChI is InChI=1S/C16H26N2O3/c1-11-14(12(2)21-18-11)9-15(20)17-16(3,10-19)13-7-5-4-6-8-13/h13,19H,4-10H2,1-3H3,(H,17,20)/t16-/m1/s1. The molecule has 2 N–H and O–H groups in total. The van der Waals surface area contributed by atoms with Crippen molar-refractivity contribution < 1.29 is 14.4 Å². The zero-order valence-corrected chi connectivity index (χ0v) is 13.2. The van der Waals surface area contributed by atoms with Crippen LogP contribution in [0.25, 0.3) is 0 Å². The van der Waals surface area contributed by atoms with Gasteiger partial charge in [-0.1, -0.05) is 24.4 Å². The van der Waals surface area contributed by atoms with E-state index >= 15 is 0 Å². The predicted octanol–water partition coefficient (Wildman–Crippen LogP) is 2.28. The smallest absolute Gasteiger partial charge is 0.225 e. The second-order valence-electron chi connectivity index (χ2n) is 6.44. The van der Waals surface area contributed by atoms with Gasteiger partial charge < -0.3 is 14.9 Å². The maximum atomic E-state index is 12.3. The Hall–Kier alpha value is -1.36. The maximum absolute atomic E-state index is 12.3. The van der Waals surface area contributed by atoms with E-state index in [2.05, 4.69) is 10.5 Å². The van der Waals surface area contributed by atoms with E-state index in [-0.39, 0.29) is 18.9 Å². The largest absolute Gasteiger partial charge is 0.394 e. The number of amides is 1. The first-order valence-corrected chi connectivity index (χ1v) is 7.80. The molecule has 1 aromatic rings. The van der Waals surface area contributed by atoms with Crippen LogP contribution in [0.1, 0.15) is 56.0 Å². The van der Waals surface area contributed by atoms with Crippen molar-refractivity contribution in [3.8, 4) is 0 Å². The summed E-state index contributed by atoms with van der Waals surface area (Å²) in [6, 6.07) is 0. The normalized spacial score (nSPS) is 19.2. The lowest BCUT2D eigenvalue weighted by Crippen LogP contribution is -2.55. The fourth-order valence-electron chi connectivity index (χ4n) is 3.29. The maximum Gasteiger partial charge on any atom is 0.225 e. The van der Waals surface area contributed by atoms with Gasteiger partial charge in [0.05, 0.1) is 24.3 Å². The summed E-state index contributed by atoms with van der Waals surface area (Å²) in [5.74, 6) is 0.961. The predicted molar refractivity (Wildman–Crippen MR) is 79.9 cm³/mol. The van der Waals surface area contributed by atoms with Crippen LogP contribution in [-0.2, 0) is 11.2 Å². The number of carbonyl (C=O) groups excluding carboxylic acids is 1. The number of aryl methyl sites for hydroxylation is 2. The van der Waals surface area contributed by atoms with Gasteiger partial charge in [-0.2, -0.15) is 0 Å². The second kappa shape index (κ2) is 6.60. The molecular formula is C16H26N2O3. The highest BCUT2D eigenvalue weighted by Crippen LogP contribution is 2.32. The number of aliphatic hydroxyl groups excluding tert-OH is 1. The minimum Gasteiger partial charge on any atom is -0.394 e. The van der Waals surface area contributed by atoms with Gasteiger partial charge in [-0.3, -0.25) is 4.79 Å². The molecule has 21 heavy (non-hydrogen) atoms. The van der Waals surface area contributed by atoms with Crippen LogP contribution in [0.2, 0.25) is 0 Å². The zero-order chi connectivity index (χ0) is 15.5. The Bertz CT molecular complexity index is 472. The van der Waals surface area contributed by atoms with Crippen molar-refractivity contribution >= 4 is 5.91 Å². The number of aliphatic hydroxyl groups is 1. The van der Waals surface area contributed by atoms with Gasteiger partial charge in [-0.05, 0) is 39.5 Å². The molecule has 0 aromatic carbocycles. The Morgan fingerprint density at radius 2 is 2.05 bits per heavy atom. The molecule has 1 amide bonds. The minimum absolute atomic E-state index is 0.0228. The average Bonchev–Trinajstić information content (AvgIpc) is 2.80. The molecule has 0 aliphatic heterocycles. The molecule has 0 radical (unpaired) electrons. The van der Waals surface area contributed by atoms with Crippen LogP contribution in [0.4, 0.5) is 0 Å². The lowest BCUT2D eigenvalue weighted by atomic mass is 9.76. The summed E-state index contributed by atoms with van der Waals surface area (Å²) in [5, 5.41) is 16.7. The minimum atomic E-state index is -0.531. The quantitative estimate of drug-likeness (QED) is 0.873. The highest BCUT2D eigenvalue weighted by atomic mass is 16.5. The van der Waals surface area contributed by atoms with Crippen molar-refractivity contribution in [2.75, 3.05) is 6.61 Å². The van der Waals surface area contributed by atoms with Crippen molar-refractivity contribution in [3.63, 3.8) is 0 Å². The number of hydrogen-bond donors (Lipinski definition) is 2. The van der Waals surface area contributed by atoms with E-state index in [4.69, 9.17) is 4.52 Å². The fraction of sp³-hybridized carbons (Fsp3) is 0.750. The Balaban J connectivity index is 2.02. The molecule has 1 fully saturated rings. The van der Waals surface area contributed by atoms with E-state index in [0.717, 1.165) is 24.1 Å². The third kappa shape index (κ3) is 3.64. The Morgan fingerprint density at radius 1 is 1.38 bits per heavy atom. The molecule has 0 bridgehead atoms. The van der Waals surface area contributed by atoms with Gasteiger partial charge in [0.2, 0.25) is 5.91 Å². The summed E-state index contributed by atoms with van der Waals surface area (Å²) < 4.78 is 5.09. The monoisotopic (exact) mass is 294 g/mol. The van der Waals surface area contributed by atoms with E-state index in [9.17, 15) is 9.90 Å². The van der Waals surface area contributed by atoms with Crippen LogP contribution < -0.4 is 5.32 Å². The van der Waals surface area contributed by atoms with Crippen molar-refractivity contribution in [1.29, 1.82) is 0 Å². The Kier molecular flexibility index (Phi) is 5.04. The number of nitrogens with zero attached hydrogens (tertiary/aromatic N) is 1. The molecule has 1 heterocycles. The van der Waals surface area contributed by atoms with Crippen molar-refractivity contribution in [3.05, 3.63) is 17.0 Å². The van der Waals surface area contributed by atoms with Crippen LogP contribution in [-0.4, -0.2) is 28.3 Å². The Labute approximate surface area is 126 Å². The first-order valence-electron chi connectivity index (χ1n) is 7.80. The molecule has 0 unspecified atom stereocenters. The molecule has 118 valence electrons. The molecule has 0 spiro atoms. The number of nitrogens with one attached hydrogen (secondary N) is 1. The number of hydrogen-bond acceptors (Lipinski definition) is 4. The molecule has 1 aliphatic carbocycles. The van der Waals surface area contributed by atoms with Gasteiger partial charge in [0.25, 0.3) is 0 Å². The van der Waals surface area contributed by atoms with Gasteiger partial charge in [-0.25, -0.2) is 0 Å². The summed E-state index contributed by atoms with van der Waals surface area (Å²) in [7, 11) is 0. The molecule has 1 atom stereocenters. The second-order valence-corrected chi connectivity index (χ2v) is 6.44. The number of aromatic nitrogens is 1. The lowest BCUT2D eigenvalue weighted by molar-refractivity contribution is -0.123. The summed E-state index contributed by atoms with van der Waals surface area (Å²) in [4.78, 5) is 12.3. The Morgan fingerprint density at radius 3 is 2.57 bits per heavy atom. The third-order valence-electron chi connectivity index (χ3n) is 4.78. The SMILES string of the molecule is Cc1noc(C)c1CC(=O)N[C@](C)(CO)C1CCCCC1. The first kappa shape index (κ1) is 16.0. The molecule has 5 nitrogen and oxygen atoms in total. The summed E-state index contributed by atoms with van der Waals surface area (Å²) in [5.41, 5.74) is 1.07. The van der Waals surface area contributed by atoms with E-state index < -0.39 is 5.54 Å². The number of carbonyl (C=O) groups is 1. The van der Waals surface area contributed by atoms with Crippen molar-refractivity contribution in [1.82, 2.24) is 10.5 Å². The fourth-order valence-corrected chi connectivity index (χ4v) is 3.29. The van der Waals surface area contributed by atoms with Gasteiger partial charge in [0, 0.05) is 5.56 Å². The van der Waals surface area contributed by atoms with E-state index in [0.29, 0.717) is 11.7 Å². The zero-order valence-electron chi connectivity index (χ0n) is 13.2. The van der Waals surface area contributed by atoms with E-state index in [1.807, 2.05) is 20.8 Å². The summed E-state index contributed by atoms with van der Waals surface area (Å²) in [6.07, 6.45) is 6.01. The topological polar surface area (TPSA) is 75.4 Å². The number of rotatable bonds is 5. The first-order chi connectivity index (χ1) is 9.96. The van der Waals surface area contributed by atoms with E-state index in [1.54, 1.807) is 0 Å². The molecule has 1 aromatic heterocycles. The molecule has 0 saturated heterocycles. The highest BCUT2D eigenvalue weighted by molar-refractivity contribution is 5.79. The van der Waals surface area contributed by atoms with Gasteiger partial charge in [0.15, 0.2) is 0 Å². The molecule has 1 aliphatic rings. The van der Waals surface area contributed by atoms with Crippen LogP contribution >= 0.6 is 0 Å². The van der Waals surface area contributed by atoms with Crippen molar-refractivity contribution in [2.24, 2.45) is 5.92 Å². The highest BCUT2D eigenvalue weighted by Gasteiger charge is 2.35. The molecular weight excluding hydrogens is 268 g/mol. The summed E-state index contributed by atoms with van der Waals surface area (Å²) in [6.45, 7) is 5.58. The molecule has 2 rings (SSSR count). The van der Waals surface area contributed by atoms with Gasteiger partial charge >= 0.3 is 0 Å². The lowest BCUT2D eigenvalue weighted by Gasteiger charge is -2.39. The van der Waals surface area contributed by atoms with Gasteiger partial charge in [0.1, 0.15) is 5.76 Å². The van der Waals surface area contributed by atoms with Crippen molar-refractivity contribution in [2.45, 2.75) is 64.8 Å². The average molecular weight is 294 g/mol. The van der Waals surface area contributed by atoms with Crippen LogP contribution in [0.3, 0.4) is 0 Å². The van der Waals surface area contributed by atoms with Crippen LogP contribution in [0.15, 0.2) is 4.52 Å². The third-order valence-corrected chi connectivity index (χ3v) is 4.78. The van der Waals surface area contributed by atoms with E-state index in [1.165, 1.54) is 19.3 Å². The summed E-state index contributed by atoms with van der Waals surface area (Å²) >= 11 is 0. The van der Waals surface area contributed by atoms with Crippen LogP contribution in [0, 0.1) is 19.8 Å². The molecule has 1 saturated carbocycles. The van der Waals surface area contributed by atoms with Crippen LogP contribution in [0.5, 0.6) is 0 Å². The van der Waals surface area contributed by atoms with Gasteiger partial charge in [-0.15, -0.1) is 0 Å². The molecule has 5 heteroatoms.